The molecule has 0 amide bonds. The van der Waals surface area contributed by atoms with Crippen molar-refractivity contribution >= 4 is 5.70 Å². The molecule has 0 unspecified atom stereocenters. The third kappa shape index (κ3) is 4.39. The first-order valence-electron chi connectivity index (χ1n) is 8.51. The monoisotopic (exact) mass is 345 g/mol. The quantitative estimate of drug-likeness (QED) is 0.711. The van der Waals surface area contributed by atoms with Crippen molar-refractivity contribution in [3.63, 3.8) is 0 Å². The van der Waals surface area contributed by atoms with E-state index in [9.17, 15) is 0 Å². The summed E-state index contributed by atoms with van der Waals surface area (Å²) in [7, 11) is 1.97. The number of allylic oxidation sites excluding steroid dienone is 1. The minimum absolute atomic E-state index is 0.717. The lowest BCUT2D eigenvalue weighted by Crippen LogP contribution is -2.13. The molecule has 1 aromatic carbocycles. The molecule has 0 saturated heterocycles. The van der Waals surface area contributed by atoms with Gasteiger partial charge in [0, 0.05) is 37.0 Å². The number of aryl methyl sites for hydroxylation is 1. The van der Waals surface area contributed by atoms with E-state index in [4.69, 9.17) is 5.73 Å². The van der Waals surface area contributed by atoms with Gasteiger partial charge in [-0.15, -0.1) is 0 Å². The van der Waals surface area contributed by atoms with Gasteiger partial charge in [-0.25, -0.2) is 9.97 Å². The fourth-order valence-electron chi connectivity index (χ4n) is 2.60. The molecule has 2 aromatic heterocycles. The molecule has 0 fully saturated rings. The lowest BCUT2D eigenvalue weighted by atomic mass is 10.1. The highest BCUT2D eigenvalue weighted by atomic mass is 15.1. The minimum Gasteiger partial charge on any atom is -0.397 e. The highest BCUT2D eigenvalue weighted by molar-refractivity contribution is 5.62. The summed E-state index contributed by atoms with van der Waals surface area (Å²) in [5, 5.41) is 0. The highest BCUT2D eigenvalue weighted by Gasteiger charge is 2.05. The normalized spacial score (nSPS) is 11.3. The van der Waals surface area contributed by atoms with Crippen molar-refractivity contribution in [2.75, 3.05) is 7.05 Å². The standard InChI is InChI=1S/C21H23N5/c1-17(25(2)15-20(22)18-7-4-3-5-8-18)11-12-19-9-6-10-21(24-19)26-14-13-23-16-26/h3-10,13-16H,1,11-12,22H2,2H3/b20-15-. The molecule has 0 aliphatic rings. The Morgan fingerprint density at radius 1 is 1.19 bits per heavy atom. The van der Waals surface area contributed by atoms with Gasteiger partial charge in [0.15, 0.2) is 0 Å². The average molecular weight is 345 g/mol. The van der Waals surface area contributed by atoms with Gasteiger partial charge in [-0.05, 0) is 30.5 Å². The van der Waals surface area contributed by atoms with E-state index in [0.717, 1.165) is 41.3 Å². The second-order valence-electron chi connectivity index (χ2n) is 6.08. The van der Waals surface area contributed by atoms with Crippen LogP contribution in [0.3, 0.4) is 0 Å². The van der Waals surface area contributed by atoms with Crippen LogP contribution in [0.5, 0.6) is 0 Å². The molecule has 26 heavy (non-hydrogen) atoms. The van der Waals surface area contributed by atoms with Gasteiger partial charge < -0.3 is 10.6 Å². The van der Waals surface area contributed by atoms with Gasteiger partial charge in [0.2, 0.25) is 0 Å². The van der Waals surface area contributed by atoms with Crippen LogP contribution in [0.25, 0.3) is 11.5 Å². The van der Waals surface area contributed by atoms with Crippen molar-refractivity contribution in [1.82, 2.24) is 19.4 Å². The van der Waals surface area contributed by atoms with Crippen molar-refractivity contribution in [1.29, 1.82) is 0 Å². The zero-order chi connectivity index (χ0) is 18.4. The maximum atomic E-state index is 6.17. The van der Waals surface area contributed by atoms with Gasteiger partial charge in [0.25, 0.3) is 0 Å². The summed E-state index contributed by atoms with van der Waals surface area (Å²) in [4.78, 5) is 10.7. The van der Waals surface area contributed by atoms with Crippen LogP contribution < -0.4 is 5.73 Å². The Labute approximate surface area is 154 Å². The van der Waals surface area contributed by atoms with Crippen LogP contribution in [-0.4, -0.2) is 26.5 Å². The predicted octanol–water partition coefficient (Wildman–Crippen LogP) is 3.60. The van der Waals surface area contributed by atoms with Gasteiger partial charge in [-0.1, -0.05) is 43.0 Å². The van der Waals surface area contributed by atoms with Crippen LogP contribution >= 0.6 is 0 Å². The Hall–Kier alpha value is -3.34. The zero-order valence-electron chi connectivity index (χ0n) is 14.9. The molecule has 2 heterocycles. The van der Waals surface area contributed by atoms with Crippen LogP contribution in [0.4, 0.5) is 0 Å². The molecule has 0 bridgehead atoms. The molecule has 0 aliphatic heterocycles. The number of benzene rings is 1. The first-order chi connectivity index (χ1) is 12.6. The molecule has 5 nitrogen and oxygen atoms in total. The van der Waals surface area contributed by atoms with E-state index in [2.05, 4.69) is 16.5 Å². The molecule has 0 aliphatic carbocycles. The number of hydrogen-bond acceptors (Lipinski definition) is 4. The lowest BCUT2D eigenvalue weighted by molar-refractivity contribution is 0.539. The first kappa shape index (κ1) is 17.5. The van der Waals surface area contributed by atoms with Gasteiger partial charge in [-0.3, -0.25) is 4.57 Å². The third-order valence-corrected chi connectivity index (χ3v) is 4.17. The van der Waals surface area contributed by atoms with Crippen LogP contribution in [0.2, 0.25) is 0 Å². The van der Waals surface area contributed by atoms with Crippen LogP contribution in [0, 0.1) is 0 Å². The maximum Gasteiger partial charge on any atom is 0.138 e. The molecule has 0 spiro atoms. The third-order valence-electron chi connectivity index (χ3n) is 4.17. The molecule has 3 aromatic rings. The summed E-state index contributed by atoms with van der Waals surface area (Å²) in [6.45, 7) is 4.17. The van der Waals surface area contributed by atoms with E-state index in [1.165, 1.54) is 0 Å². The molecular weight excluding hydrogens is 322 g/mol. The molecular formula is C21H23N5. The summed E-state index contributed by atoms with van der Waals surface area (Å²) in [5.41, 5.74) is 9.90. The van der Waals surface area contributed by atoms with Gasteiger partial charge in [-0.2, -0.15) is 0 Å². The number of nitrogens with zero attached hydrogens (tertiary/aromatic N) is 4. The second-order valence-corrected chi connectivity index (χ2v) is 6.08. The number of aromatic nitrogens is 3. The number of imidazole rings is 1. The predicted molar refractivity (Wildman–Crippen MR) is 105 cm³/mol. The fourth-order valence-corrected chi connectivity index (χ4v) is 2.60. The summed E-state index contributed by atoms with van der Waals surface area (Å²) in [5.74, 6) is 0.868. The molecule has 132 valence electrons. The number of rotatable bonds is 7. The van der Waals surface area contributed by atoms with Crippen molar-refractivity contribution in [2.24, 2.45) is 5.73 Å². The molecule has 0 atom stereocenters. The Balaban J connectivity index is 1.61. The summed E-state index contributed by atoms with van der Waals surface area (Å²) < 4.78 is 1.90. The molecule has 2 N–H and O–H groups in total. The minimum atomic E-state index is 0.717. The Morgan fingerprint density at radius 3 is 2.73 bits per heavy atom. The highest BCUT2D eigenvalue weighted by Crippen LogP contribution is 2.15. The number of hydrogen-bond donors (Lipinski definition) is 1. The lowest BCUT2D eigenvalue weighted by Gasteiger charge is -2.18. The van der Waals surface area contributed by atoms with Crippen LogP contribution in [0.1, 0.15) is 17.7 Å². The van der Waals surface area contributed by atoms with E-state index in [1.54, 1.807) is 12.5 Å². The summed E-state index contributed by atoms with van der Waals surface area (Å²) in [6.07, 6.45) is 8.90. The van der Waals surface area contributed by atoms with E-state index in [0.29, 0.717) is 0 Å². The van der Waals surface area contributed by atoms with Gasteiger partial charge >= 0.3 is 0 Å². The smallest absolute Gasteiger partial charge is 0.138 e. The number of nitrogens with two attached hydrogens (primary N) is 1. The van der Waals surface area contributed by atoms with Crippen LogP contribution in [0.15, 0.2) is 85.7 Å². The van der Waals surface area contributed by atoms with E-state index in [1.807, 2.05) is 77.4 Å². The molecule has 0 saturated carbocycles. The second kappa shape index (κ2) is 8.16. The Kier molecular flexibility index (Phi) is 5.49. The summed E-state index contributed by atoms with van der Waals surface area (Å²) in [6, 6.07) is 15.9. The Morgan fingerprint density at radius 2 is 2.00 bits per heavy atom. The first-order valence-corrected chi connectivity index (χ1v) is 8.51. The van der Waals surface area contributed by atoms with E-state index in [-0.39, 0.29) is 0 Å². The van der Waals surface area contributed by atoms with Crippen molar-refractivity contribution in [2.45, 2.75) is 12.8 Å². The van der Waals surface area contributed by atoms with E-state index < -0.39 is 0 Å². The zero-order valence-corrected chi connectivity index (χ0v) is 14.9. The van der Waals surface area contributed by atoms with Gasteiger partial charge in [0.1, 0.15) is 12.1 Å². The summed E-state index contributed by atoms with van der Waals surface area (Å²) >= 11 is 0. The maximum absolute atomic E-state index is 6.17. The van der Waals surface area contributed by atoms with Crippen molar-refractivity contribution < 1.29 is 0 Å². The SMILES string of the molecule is C=C(CCc1cccc(-n2ccnc2)n1)N(C)/C=C(\N)c1ccccc1. The van der Waals surface area contributed by atoms with E-state index >= 15 is 0 Å². The van der Waals surface area contributed by atoms with Crippen LogP contribution in [-0.2, 0) is 6.42 Å². The molecule has 0 radical (unpaired) electrons. The fraction of sp³-hybridized carbons (Fsp3) is 0.143. The van der Waals surface area contributed by atoms with Crippen molar-refractivity contribution in [3.8, 4) is 5.82 Å². The van der Waals surface area contributed by atoms with Gasteiger partial charge in [0.05, 0.1) is 5.70 Å². The molecule has 3 rings (SSSR count). The largest absolute Gasteiger partial charge is 0.397 e. The average Bonchev–Trinajstić information content (AvgIpc) is 3.22. The van der Waals surface area contributed by atoms with Crippen molar-refractivity contribution in [3.05, 3.63) is 97.0 Å². The Bertz CT molecular complexity index is 882. The topological polar surface area (TPSA) is 60.0 Å². The number of pyridine rings is 1. The molecule has 5 heteroatoms.